The third kappa shape index (κ3) is 5.58. The van der Waals surface area contributed by atoms with Crippen LogP contribution in [0.1, 0.15) is 18.4 Å². The van der Waals surface area contributed by atoms with Gasteiger partial charge in [-0.1, -0.05) is 18.2 Å². The van der Waals surface area contributed by atoms with E-state index in [4.69, 9.17) is 10.00 Å². The maximum atomic E-state index is 12.4. The van der Waals surface area contributed by atoms with Crippen LogP contribution in [0.5, 0.6) is 5.75 Å². The molecule has 36 heavy (non-hydrogen) atoms. The first-order chi connectivity index (χ1) is 17.6. The predicted octanol–water partition coefficient (Wildman–Crippen LogP) is 3.22. The van der Waals surface area contributed by atoms with Crippen molar-refractivity contribution in [3.8, 4) is 11.8 Å². The zero-order valence-corrected chi connectivity index (χ0v) is 21.0. The Kier molecular flexibility index (Phi) is 7.59. The highest BCUT2D eigenvalue weighted by Crippen LogP contribution is 2.37. The van der Waals surface area contributed by atoms with Crippen molar-refractivity contribution in [3.63, 3.8) is 0 Å². The highest BCUT2D eigenvalue weighted by Gasteiger charge is 2.40. The van der Waals surface area contributed by atoms with Gasteiger partial charge in [-0.05, 0) is 61.6 Å². The van der Waals surface area contributed by atoms with E-state index in [1.54, 1.807) is 31.4 Å². The molecular weight excluding hydrogens is 452 g/mol. The van der Waals surface area contributed by atoms with Crippen molar-refractivity contribution in [2.24, 2.45) is 11.8 Å². The molecule has 190 valence electrons. The van der Waals surface area contributed by atoms with Crippen LogP contribution >= 0.6 is 0 Å². The largest absolute Gasteiger partial charge is 0.495 e. The standard InChI is InChI=1S/C28H36N6O2/c1-36-27-8-3-2-7-26(27)33-13-11-32(12-14-33)19-23-20-34-10-9-22(23)16-25(34)18-30-28(35)31-24-6-4-5-21(15-24)17-29/h2-8,15,22-23,25H,9-14,16,18-20H2,1H3,(H2,30,31,35). The first-order valence-corrected chi connectivity index (χ1v) is 13.0. The van der Waals surface area contributed by atoms with Crippen LogP contribution in [0.4, 0.5) is 16.2 Å². The molecule has 0 saturated carbocycles. The molecule has 4 heterocycles. The topological polar surface area (TPSA) is 83.9 Å². The van der Waals surface area contributed by atoms with Gasteiger partial charge in [0.15, 0.2) is 0 Å². The number of urea groups is 1. The quantitative estimate of drug-likeness (QED) is 0.623. The van der Waals surface area contributed by atoms with E-state index in [2.05, 4.69) is 43.5 Å². The van der Waals surface area contributed by atoms with Gasteiger partial charge in [-0.2, -0.15) is 5.26 Å². The van der Waals surface area contributed by atoms with Crippen LogP contribution in [-0.2, 0) is 0 Å². The van der Waals surface area contributed by atoms with Crippen molar-refractivity contribution in [2.75, 3.05) is 69.7 Å². The van der Waals surface area contributed by atoms with Gasteiger partial charge in [0.05, 0.1) is 24.4 Å². The summed E-state index contributed by atoms with van der Waals surface area (Å²) in [5.74, 6) is 2.38. The Morgan fingerprint density at radius 1 is 1.11 bits per heavy atom. The van der Waals surface area contributed by atoms with Crippen molar-refractivity contribution in [1.82, 2.24) is 15.1 Å². The number of hydrogen-bond acceptors (Lipinski definition) is 6. The van der Waals surface area contributed by atoms with Crippen molar-refractivity contribution in [2.45, 2.75) is 18.9 Å². The lowest BCUT2D eigenvalue weighted by atomic mass is 9.75. The lowest BCUT2D eigenvalue weighted by molar-refractivity contribution is -0.0114. The molecule has 4 fully saturated rings. The van der Waals surface area contributed by atoms with Gasteiger partial charge in [0, 0.05) is 57.5 Å². The number of benzene rings is 2. The summed E-state index contributed by atoms with van der Waals surface area (Å²) in [4.78, 5) is 20.1. The fourth-order valence-electron chi connectivity index (χ4n) is 6.11. The summed E-state index contributed by atoms with van der Waals surface area (Å²) in [5.41, 5.74) is 2.37. The van der Waals surface area contributed by atoms with Gasteiger partial charge in [0.2, 0.25) is 0 Å². The average Bonchev–Trinajstić information content (AvgIpc) is 2.93. The van der Waals surface area contributed by atoms with Crippen LogP contribution < -0.4 is 20.3 Å². The maximum Gasteiger partial charge on any atom is 0.319 e. The van der Waals surface area contributed by atoms with Crippen LogP contribution in [0.3, 0.4) is 0 Å². The minimum absolute atomic E-state index is 0.211. The Hall–Kier alpha value is -3.28. The number of piperazine rings is 1. The van der Waals surface area contributed by atoms with Crippen LogP contribution in [0.2, 0.25) is 0 Å². The smallest absolute Gasteiger partial charge is 0.319 e. The number of piperidine rings is 3. The minimum atomic E-state index is -0.211. The first kappa shape index (κ1) is 24.4. The molecule has 0 radical (unpaired) electrons. The highest BCUT2D eigenvalue weighted by atomic mass is 16.5. The number of amides is 2. The maximum absolute atomic E-state index is 12.4. The van der Waals surface area contributed by atoms with Crippen LogP contribution in [0.25, 0.3) is 0 Å². The summed E-state index contributed by atoms with van der Waals surface area (Å²) in [6.07, 6.45) is 2.41. The zero-order chi connectivity index (χ0) is 24.9. The molecule has 4 aliphatic rings. The monoisotopic (exact) mass is 488 g/mol. The van der Waals surface area contributed by atoms with E-state index in [0.717, 1.165) is 63.9 Å². The van der Waals surface area contributed by atoms with Gasteiger partial charge in [-0.15, -0.1) is 0 Å². The van der Waals surface area contributed by atoms with Gasteiger partial charge in [-0.25, -0.2) is 4.79 Å². The first-order valence-electron chi connectivity index (χ1n) is 13.0. The Bertz CT molecular complexity index is 1090. The number of rotatable bonds is 7. The number of nitrogens with one attached hydrogen (secondary N) is 2. The Morgan fingerprint density at radius 3 is 2.69 bits per heavy atom. The van der Waals surface area contributed by atoms with Crippen LogP contribution in [0, 0.1) is 23.2 Å². The summed E-state index contributed by atoms with van der Waals surface area (Å²) in [6.45, 7) is 8.29. The third-order valence-corrected chi connectivity index (χ3v) is 8.05. The molecule has 2 N–H and O–H groups in total. The minimum Gasteiger partial charge on any atom is -0.495 e. The lowest BCUT2D eigenvalue weighted by Crippen LogP contribution is -2.59. The highest BCUT2D eigenvalue weighted by molar-refractivity contribution is 5.89. The molecule has 2 aromatic carbocycles. The van der Waals surface area contributed by atoms with Gasteiger partial charge in [0.1, 0.15) is 5.75 Å². The van der Waals surface area contributed by atoms with E-state index in [1.807, 2.05) is 12.1 Å². The number of nitriles is 1. The molecule has 0 spiro atoms. The molecule has 4 aliphatic heterocycles. The number of para-hydroxylation sites is 2. The summed E-state index contributed by atoms with van der Waals surface area (Å²) < 4.78 is 5.56. The number of carbonyl (C=O) groups excluding carboxylic acids is 1. The van der Waals surface area contributed by atoms with Crippen molar-refractivity contribution < 1.29 is 9.53 Å². The number of anilines is 2. The van der Waals surface area contributed by atoms with E-state index in [1.165, 1.54) is 12.1 Å². The second-order valence-corrected chi connectivity index (χ2v) is 10.2. The Balaban J connectivity index is 1.07. The molecule has 4 unspecified atom stereocenters. The summed E-state index contributed by atoms with van der Waals surface area (Å²) in [5, 5.41) is 14.9. The third-order valence-electron chi connectivity index (χ3n) is 8.05. The summed E-state index contributed by atoms with van der Waals surface area (Å²) >= 11 is 0. The number of nitrogens with zero attached hydrogens (tertiary/aromatic N) is 4. The average molecular weight is 489 g/mol. The summed E-state index contributed by atoms with van der Waals surface area (Å²) in [6, 6.07) is 17.6. The molecule has 2 amide bonds. The SMILES string of the molecule is COc1ccccc1N1CCN(CC2CN3CCC2CC3CNC(=O)Nc2cccc(C#N)c2)CC1. The molecule has 6 rings (SSSR count). The van der Waals surface area contributed by atoms with Crippen LogP contribution in [0.15, 0.2) is 48.5 Å². The zero-order valence-electron chi connectivity index (χ0n) is 21.0. The Morgan fingerprint density at radius 2 is 1.94 bits per heavy atom. The normalized spacial score (nSPS) is 25.7. The van der Waals surface area contributed by atoms with E-state index < -0.39 is 0 Å². The van der Waals surface area contributed by atoms with Crippen molar-refractivity contribution >= 4 is 17.4 Å². The lowest BCUT2D eigenvalue weighted by Gasteiger charge is -2.51. The van der Waals surface area contributed by atoms with Gasteiger partial charge >= 0.3 is 6.03 Å². The molecule has 2 aromatic rings. The number of hydrogen-bond donors (Lipinski definition) is 2. The molecule has 4 atom stereocenters. The van der Waals surface area contributed by atoms with Gasteiger partial charge in [0.25, 0.3) is 0 Å². The fraction of sp³-hybridized carbons (Fsp3) is 0.500. The molecule has 4 saturated heterocycles. The van der Waals surface area contributed by atoms with E-state index in [-0.39, 0.29) is 6.03 Å². The molecule has 8 heteroatoms. The van der Waals surface area contributed by atoms with E-state index >= 15 is 0 Å². The molecule has 2 bridgehead atoms. The summed E-state index contributed by atoms with van der Waals surface area (Å²) in [7, 11) is 1.74. The van der Waals surface area contributed by atoms with Crippen molar-refractivity contribution in [1.29, 1.82) is 5.26 Å². The van der Waals surface area contributed by atoms with E-state index in [9.17, 15) is 4.79 Å². The number of carbonyl (C=O) groups is 1. The van der Waals surface area contributed by atoms with Crippen molar-refractivity contribution in [3.05, 3.63) is 54.1 Å². The molecule has 0 aromatic heterocycles. The number of ether oxygens (including phenoxy) is 1. The number of methoxy groups -OCH3 is 1. The predicted molar refractivity (Wildman–Crippen MR) is 141 cm³/mol. The molecule has 8 nitrogen and oxygen atoms in total. The molecular formula is C28H36N6O2. The fourth-order valence-corrected chi connectivity index (χ4v) is 6.11. The van der Waals surface area contributed by atoms with Crippen LogP contribution in [-0.4, -0.2) is 81.3 Å². The second kappa shape index (κ2) is 11.2. The molecule has 0 aliphatic carbocycles. The van der Waals surface area contributed by atoms with Gasteiger partial charge < -0.3 is 20.3 Å². The Labute approximate surface area is 213 Å². The number of fused-ring (bicyclic) bond motifs is 3. The van der Waals surface area contributed by atoms with Gasteiger partial charge in [-0.3, -0.25) is 9.80 Å². The van der Waals surface area contributed by atoms with E-state index in [0.29, 0.717) is 29.8 Å². The second-order valence-electron chi connectivity index (χ2n) is 10.2.